The highest BCUT2D eigenvalue weighted by atomic mass is 16.4. The highest BCUT2D eigenvalue weighted by Gasteiger charge is 2.34. The molecule has 0 saturated heterocycles. The summed E-state index contributed by atoms with van der Waals surface area (Å²) >= 11 is 0. The summed E-state index contributed by atoms with van der Waals surface area (Å²) in [7, 11) is 0. The zero-order chi connectivity index (χ0) is 14.5. The van der Waals surface area contributed by atoms with Crippen molar-refractivity contribution in [2.75, 3.05) is 0 Å². The van der Waals surface area contributed by atoms with Crippen LogP contribution in [0.4, 0.5) is 0 Å². The van der Waals surface area contributed by atoms with Crippen molar-refractivity contribution < 1.29 is 9.52 Å². The lowest BCUT2D eigenvalue weighted by Crippen LogP contribution is -2.27. The Morgan fingerprint density at radius 2 is 2.25 bits per heavy atom. The van der Waals surface area contributed by atoms with Crippen LogP contribution in [-0.4, -0.2) is 14.7 Å². The van der Waals surface area contributed by atoms with Gasteiger partial charge in [-0.05, 0) is 38.2 Å². The Kier molecular flexibility index (Phi) is 3.01. The number of aryl methyl sites for hydroxylation is 1. The second kappa shape index (κ2) is 4.48. The minimum atomic E-state index is -0.367. The number of rotatable bonds is 2. The van der Waals surface area contributed by atoms with Crippen LogP contribution in [0.5, 0.6) is 0 Å². The van der Waals surface area contributed by atoms with Crippen molar-refractivity contribution in [3.05, 3.63) is 41.4 Å². The van der Waals surface area contributed by atoms with E-state index in [1.54, 1.807) is 6.20 Å². The fourth-order valence-corrected chi connectivity index (χ4v) is 3.20. The van der Waals surface area contributed by atoms with E-state index < -0.39 is 0 Å². The summed E-state index contributed by atoms with van der Waals surface area (Å²) in [6, 6.07) is 2.08. The van der Waals surface area contributed by atoms with Crippen LogP contribution in [0.2, 0.25) is 0 Å². The van der Waals surface area contributed by atoms with E-state index in [1.807, 2.05) is 19.2 Å². The maximum atomic E-state index is 10.3. The van der Waals surface area contributed by atoms with Crippen LogP contribution in [0.1, 0.15) is 62.2 Å². The molecular formula is C16H22N2O2. The lowest BCUT2D eigenvalue weighted by molar-refractivity contribution is 0.0976. The van der Waals surface area contributed by atoms with Gasteiger partial charge in [0.25, 0.3) is 0 Å². The summed E-state index contributed by atoms with van der Waals surface area (Å²) in [6.07, 6.45) is 5.21. The van der Waals surface area contributed by atoms with Gasteiger partial charge in [-0.3, -0.25) is 0 Å². The molecule has 3 rings (SSSR count). The minimum Gasteiger partial charge on any atom is -0.444 e. The van der Waals surface area contributed by atoms with Crippen molar-refractivity contribution >= 4 is 0 Å². The van der Waals surface area contributed by atoms with E-state index in [0.717, 1.165) is 30.1 Å². The minimum absolute atomic E-state index is 0.0496. The van der Waals surface area contributed by atoms with Crippen LogP contribution in [0.3, 0.4) is 0 Å². The monoisotopic (exact) mass is 274 g/mol. The maximum Gasteiger partial charge on any atom is 0.217 e. The quantitative estimate of drug-likeness (QED) is 0.913. The number of hydrogen-bond acceptors (Lipinski definition) is 3. The summed E-state index contributed by atoms with van der Waals surface area (Å²) in [6.45, 7) is 8.40. The molecule has 0 aliphatic heterocycles. The van der Waals surface area contributed by atoms with Crippen LogP contribution < -0.4 is 0 Å². The lowest BCUT2D eigenvalue weighted by Gasteiger charge is -2.34. The maximum absolute atomic E-state index is 10.3. The molecule has 2 heterocycles. The molecule has 0 fully saturated rings. The number of nitrogens with zero attached hydrogens (tertiary/aromatic N) is 2. The molecule has 4 nitrogen and oxygen atoms in total. The van der Waals surface area contributed by atoms with Crippen molar-refractivity contribution in [1.29, 1.82) is 0 Å². The van der Waals surface area contributed by atoms with Gasteiger partial charge in [0, 0.05) is 17.5 Å². The first-order valence-electron chi connectivity index (χ1n) is 7.17. The molecule has 2 atom stereocenters. The smallest absolute Gasteiger partial charge is 0.217 e. The third-order valence-electron chi connectivity index (χ3n) is 4.22. The number of hydrogen-bond donors (Lipinski definition) is 1. The molecule has 0 spiro atoms. The number of fused-ring (bicyclic) bond motifs is 1. The third-order valence-corrected chi connectivity index (χ3v) is 4.22. The lowest BCUT2D eigenvalue weighted by atomic mass is 9.75. The van der Waals surface area contributed by atoms with Gasteiger partial charge in [-0.15, -0.1) is 0 Å². The first-order valence-corrected chi connectivity index (χ1v) is 7.17. The van der Waals surface area contributed by atoms with Crippen LogP contribution in [0, 0.1) is 12.3 Å². The highest BCUT2D eigenvalue weighted by Crippen LogP contribution is 2.42. The molecule has 2 aromatic heterocycles. The van der Waals surface area contributed by atoms with Gasteiger partial charge in [0.05, 0.1) is 12.3 Å². The van der Waals surface area contributed by atoms with Crippen molar-refractivity contribution in [2.45, 2.75) is 52.7 Å². The van der Waals surface area contributed by atoms with Crippen LogP contribution >= 0.6 is 0 Å². The molecule has 4 heteroatoms. The van der Waals surface area contributed by atoms with E-state index in [0.29, 0.717) is 0 Å². The van der Waals surface area contributed by atoms with Crippen molar-refractivity contribution in [3.8, 4) is 0 Å². The van der Waals surface area contributed by atoms with E-state index in [9.17, 15) is 5.11 Å². The topological polar surface area (TPSA) is 51.2 Å². The largest absolute Gasteiger partial charge is 0.444 e. The second-order valence-electron chi connectivity index (χ2n) is 6.67. The van der Waals surface area contributed by atoms with Crippen molar-refractivity contribution in [3.63, 3.8) is 0 Å². The Hall–Kier alpha value is -1.55. The highest BCUT2D eigenvalue weighted by molar-refractivity contribution is 5.30. The van der Waals surface area contributed by atoms with Crippen molar-refractivity contribution in [2.24, 2.45) is 5.41 Å². The standard InChI is InChI=1S/C16H22N2O2/c1-10-9-17-15(20-10)11(2)18-6-5-12-13(18)7-16(3,4)8-14(12)19/h5-6,9,11,14,19H,7-8H2,1-4H3. The summed E-state index contributed by atoms with van der Waals surface area (Å²) in [4.78, 5) is 4.33. The third kappa shape index (κ3) is 2.18. The number of aliphatic hydroxyl groups excluding tert-OH is 1. The fourth-order valence-electron chi connectivity index (χ4n) is 3.20. The normalized spacial score (nSPS) is 22.6. The van der Waals surface area contributed by atoms with Crippen LogP contribution in [-0.2, 0) is 6.42 Å². The van der Waals surface area contributed by atoms with Crippen LogP contribution in [0.15, 0.2) is 22.9 Å². The molecule has 1 aliphatic carbocycles. The summed E-state index contributed by atoms with van der Waals surface area (Å²) in [5.74, 6) is 1.55. The summed E-state index contributed by atoms with van der Waals surface area (Å²) < 4.78 is 7.83. The molecule has 0 amide bonds. The summed E-state index contributed by atoms with van der Waals surface area (Å²) in [5, 5.41) is 10.3. The van der Waals surface area contributed by atoms with Gasteiger partial charge >= 0.3 is 0 Å². The molecule has 2 aromatic rings. The molecule has 0 radical (unpaired) electrons. The van der Waals surface area contributed by atoms with Gasteiger partial charge in [0.15, 0.2) is 0 Å². The van der Waals surface area contributed by atoms with Gasteiger partial charge in [-0.1, -0.05) is 13.8 Å². The molecule has 0 bridgehead atoms. The van der Waals surface area contributed by atoms with Crippen LogP contribution in [0.25, 0.3) is 0 Å². The average molecular weight is 274 g/mol. The predicted molar refractivity (Wildman–Crippen MR) is 76.5 cm³/mol. The Morgan fingerprint density at radius 1 is 1.50 bits per heavy atom. The first-order chi connectivity index (χ1) is 9.37. The second-order valence-corrected chi connectivity index (χ2v) is 6.67. The molecular weight excluding hydrogens is 252 g/mol. The molecule has 20 heavy (non-hydrogen) atoms. The van der Waals surface area contributed by atoms with E-state index >= 15 is 0 Å². The molecule has 2 unspecified atom stereocenters. The van der Waals surface area contributed by atoms with Gasteiger partial charge in [0.1, 0.15) is 11.8 Å². The van der Waals surface area contributed by atoms with E-state index in [4.69, 9.17) is 4.42 Å². The van der Waals surface area contributed by atoms with Crippen molar-refractivity contribution in [1.82, 2.24) is 9.55 Å². The number of aliphatic hydroxyl groups is 1. The zero-order valence-electron chi connectivity index (χ0n) is 12.6. The first kappa shape index (κ1) is 13.4. The molecule has 1 aliphatic rings. The molecule has 0 aromatic carbocycles. The predicted octanol–water partition coefficient (Wildman–Crippen LogP) is 3.40. The van der Waals surface area contributed by atoms with Gasteiger partial charge in [-0.25, -0.2) is 4.98 Å². The molecule has 108 valence electrons. The Labute approximate surface area is 119 Å². The number of aromatic nitrogens is 2. The fraction of sp³-hybridized carbons (Fsp3) is 0.562. The molecule has 0 saturated carbocycles. The van der Waals surface area contributed by atoms with E-state index in [1.165, 1.54) is 5.69 Å². The molecule has 1 N–H and O–H groups in total. The SMILES string of the molecule is Cc1cnc(C(C)n2ccc3c2CC(C)(C)CC3O)o1. The Balaban J connectivity index is 2.00. The van der Waals surface area contributed by atoms with Gasteiger partial charge < -0.3 is 14.1 Å². The van der Waals surface area contributed by atoms with E-state index in [2.05, 4.69) is 30.3 Å². The Bertz CT molecular complexity index is 624. The van der Waals surface area contributed by atoms with E-state index in [-0.39, 0.29) is 17.6 Å². The number of oxazole rings is 1. The van der Waals surface area contributed by atoms with Gasteiger partial charge in [-0.2, -0.15) is 0 Å². The zero-order valence-corrected chi connectivity index (χ0v) is 12.6. The average Bonchev–Trinajstić information content (AvgIpc) is 2.93. The Morgan fingerprint density at radius 3 is 2.90 bits per heavy atom. The van der Waals surface area contributed by atoms with Gasteiger partial charge in [0.2, 0.25) is 5.89 Å². The summed E-state index contributed by atoms with van der Waals surface area (Å²) in [5.41, 5.74) is 2.38.